The summed E-state index contributed by atoms with van der Waals surface area (Å²) in [7, 11) is 1.69. The minimum Gasteiger partial charge on any atom is -0.497 e. The van der Waals surface area contributed by atoms with E-state index in [9.17, 15) is 0 Å². The van der Waals surface area contributed by atoms with E-state index in [1.165, 1.54) is 22.2 Å². The Kier molecular flexibility index (Phi) is 4.97. The first kappa shape index (κ1) is 19.6. The molecule has 0 aliphatic carbocycles. The Morgan fingerprint density at radius 1 is 1.03 bits per heavy atom. The van der Waals surface area contributed by atoms with Crippen molar-refractivity contribution in [1.82, 2.24) is 20.3 Å². The van der Waals surface area contributed by atoms with Gasteiger partial charge >= 0.3 is 0 Å². The highest BCUT2D eigenvalue weighted by Crippen LogP contribution is 2.41. The summed E-state index contributed by atoms with van der Waals surface area (Å²) in [6, 6.07) is 17.1. The van der Waals surface area contributed by atoms with Crippen LogP contribution >= 0.6 is 0 Å². The number of para-hydroxylation sites is 1. The van der Waals surface area contributed by atoms with Crippen LogP contribution in [-0.4, -0.2) is 35.3 Å². The summed E-state index contributed by atoms with van der Waals surface area (Å²) in [5, 5.41) is 5.26. The van der Waals surface area contributed by atoms with Crippen LogP contribution in [0.3, 0.4) is 0 Å². The molecule has 4 heterocycles. The molecule has 2 aromatic carbocycles. The third-order valence-electron chi connectivity index (χ3n) is 6.99. The number of aromatic amines is 2. The monoisotopic (exact) mass is 428 g/mol. The van der Waals surface area contributed by atoms with Crippen LogP contribution < -0.4 is 10.1 Å². The molecule has 2 aromatic heterocycles. The van der Waals surface area contributed by atoms with Crippen molar-refractivity contribution in [2.45, 2.75) is 31.3 Å². The van der Waals surface area contributed by atoms with Crippen LogP contribution in [0.2, 0.25) is 0 Å². The van der Waals surface area contributed by atoms with Crippen LogP contribution in [0.15, 0.2) is 54.7 Å². The molecule has 0 saturated carbocycles. The van der Waals surface area contributed by atoms with Gasteiger partial charge in [0.25, 0.3) is 0 Å². The average Bonchev–Trinajstić information content (AvgIpc) is 3.49. The van der Waals surface area contributed by atoms with E-state index in [-0.39, 0.29) is 12.1 Å². The Labute approximate surface area is 187 Å². The number of hydrogen-bond donors (Lipinski definition) is 3. The first-order chi connectivity index (χ1) is 15.8. The highest BCUT2D eigenvalue weighted by Gasteiger charge is 2.36. The van der Waals surface area contributed by atoms with Crippen molar-refractivity contribution in [3.63, 3.8) is 0 Å². The second-order valence-corrected chi connectivity index (χ2v) is 8.83. The van der Waals surface area contributed by atoms with E-state index in [1.54, 1.807) is 7.11 Å². The van der Waals surface area contributed by atoms with Crippen molar-refractivity contribution < 1.29 is 9.47 Å². The van der Waals surface area contributed by atoms with Crippen molar-refractivity contribution in [3.8, 4) is 17.0 Å². The van der Waals surface area contributed by atoms with Gasteiger partial charge in [-0.1, -0.05) is 30.3 Å². The van der Waals surface area contributed by atoms with Gasteiger partial charge in [-0.3, -0.25) is 5.32 Å². The molecular formula is C26H28N4O2. The van der Waals surface area contributed by atoms with E-state index < -0.39 is 0 Å². The lowest BCUT2D eigenvalue weighted by atomic mass is 9.83. The van der Waals surface area contributed by atoms with Gasteiger partial charge in [-0.05, 0) is 48.9 Å². The number of rotatable bonds is 4. The summed E-state index contributed by atoms with van der Waals surface area (Å²) < 4.78 is 11.0. The highest BCUT2D eigenvalue weighted by atomic mass is 16.5. The Hall–Kier alpha value is -3.09. The zero-order chi connectivity index (χ0) is 21.5. The second kappa shape index (κ2) is 8.11. The number of aromatic nitrogens is 3. The number of hydrogen-bond acceptors (Lipinski definition) is 4. The molecule has 2 aliphatic rings. The van der Waals surface area contributed by atoms with Crippen LogP contribution in [0.25, 0.3) is 22.2 Å². The van der Waals surface area contributed by atoms with Gasteiger partial charge in [-0.2, -0.15) is 0 Å². The molecule has 6 heteroatoms. The van der Waals surface area contributed by atoms with Gasteiger partial charge in [-0.15, -0.1) is 0 Å². The van der Waals surface area contributed by atoms with Gasteiger partial charge in [0.05, 0.1) is 31.1 Å². The Morgan fingerprint density at radius 2 is 1.91 bits per heavy atom. The third kappa shape index (κ3) is 3.40. The van der Waals surface area contributed by atoms with E-state index >= 15 is 0 Å². The quantitative estimate of drug-likeness (QED) is 0.431. The second-order valence-electron chi connectivity index (χ2n) is 8.83. The van der Waals surface area contributed by atoms with Gasteiger partial charge < -0.3 is 19.4 Å². The molecule has 6 rings (SSSR count). The summed E-state index contributed by atoms with van der Waals surface area (Å²) in [5.41, 5.74) is 6.06. The largest absolute Gasteiger partial charge is 0.497 e. The van der Waals surface area contributed by atoms with E-state index in [2.05, 4.69) is 45.6 Å². The van der Waals surface area contributed by atoms with Gasteiger partial charge in [0, 0.05) is 35.4 Å². The van der Waals surface area contributed by atoms with Crippen LogP contribution in [-0.2, 0) is 11.2 Å². The standard InChI is InChI=1S/C26H28N4O2/c1-31-18-6-4-5-17(13-18)23-15-27-26(30-23)22-14-20-19-7-2-3-8-21(19)28-25(20)24(29-22)16-9-11-32-12-10-16/h2-8,13,15-16,22,24,28-29H,9-12,14H2,1H3,(H,27,30)/t22-,24-/m1/s1. The number of nitrogens with zero attached hydrogens (tertiary/aromatic N) is 1. The lowest BCUT2D eigenvalue weighted by Crippen LogP contribution is -2.39. The fourth-order valence-corrected chi connectivity index (χ4v) is 5.32. The van der Waals surface area contributed by atoms with Gasteiger partial charge in [0.1, 0.15) is 11.6 Å². The number of nitrogens with one attached hydrogen (secondary N) is 3. The predicted octanol–water partition coefficient (Wildman–Crippen LogP) is 4.92. The molecule has 4 aromatic rings. The molecule has 0 amide bonds. The van der Waals surface area contributed by atoms with Crippen molar-refractivity contribution in [2.75, 3.05) is 20.3 Å². The van der Waals surface area contributed by atoms with Crippen LogP contribution in [0.4, 0.5) is 0 Å². The van der Waals surface area contributed by atoms with Gasteiger partial charge in [0.15, 0.2) is 0 Å². The molecule has 32 heavy (non-hydrogen) atoms. The first-order valence-corrected chi connectivity index (χ1v) is 11.4. The lowest BCUT2D eigenvalue weighted by molar-refractivity contribution is 0.0497. The average molecular weight is 429 g/mol. The molecule has 1 saturated heterocycles. The van der Waals surface area contributed by atoms with E-state index in [0.717, 1.165) is 55.3 Å². The smallest absolute Gasteiger partial charge is 0.124 e. The van der Waals surface area contributed by atoms with Crippen molar-refractivity contribution in [2.24, 2.45) is 5.92 Å². The minimum absolute atomic E-state index is 0.133. The molecular weight excluding hydrogens is 400 g/mol. The maximum Gasteiger partial charge on any atom is 0.124 e. The molecule has 3 N–H and O–H groups in total. The predicted molar refractivity (Wildman–Crippen MR) is 125 cm³/mol. The Balaban J connectivity index is 1.37. The van der Waals surface area contributed by atoms with Crippen molar-refractivity contribution in [3.05, 3.63) is 71.8 Å². The minimum atomic E-state index is 0.133. The van der Waals surface area contributed by atoms with Crippen molar-refractivity contribution in [1.29, 1.82) is 0 Å². The van der Waals surface area contributed by atoms with Gasteiger partial charge in [-0.25, -0.2) is 4.98 Å². The van der Waals surface area contributed by atoms with Crippen LogP contribution in [0.1, 0.15) is 42.0 Å². The maximum absolute atomic E-state index is 5.65. The number of benzene rings is 2. The molecule has 6 nitrogen and oxygen atoms in total. The summed E-state index contributed by atoms with van der Waals surface area (Å²) in [5.74, 6) is 2.37. The van der Waals surface area contributed by atoms with Gasteiger partial charge in [0.2, 0.25) is 0 Å². The van der Waals surface area contributed by atoms with Crippen molar-refractivity contribution >= 4 is 10.9 Å². The zero-order valence-electron chi connectivity index (χ0n) is 18.2. The summed E-state index contributed by atoms with van der Waals surface area (Å²) in [6.07, 6.45) is 4.99. The number of fused-ring (bicyclic) bond motifs is 3. The molecule has 1 fully saturated rings. The lowest BCUT2D eigenvalue weighted by Gasteiger charge is -2.37. The molecule has 0 bridgehead atoms. The molecule has 2 aliphatic heterocycles. The molecule has 164 valence electrons. The molecule has 0 spiro atoms. The number of methoxy groups -OCH3 is 1. The first-order valence-electron chi connectivity index (χ1n) is 11.4. The van der Waals surface area contributed by atoms with E-state index in [0.29, 0.717) is 5.92 Å². The normalized spacial score (nSPS) is 21.5. The molecule has 0 radical (unpaired) electrons. The fraction of sp³-hybridized carbons (Fsp3) is 0.346. The number of ether oxygens (including phenoxy) is 2. The maximum atomic E-state index is 5.65. The summed E-state index contributed by atoms with van der Waals surface area (Å²) >= 11 is 0. The van der Waals surface area contributed by atoms with E-state index in [1.807, 2.05) is 24.4 Å². The van der Waals surface area contributed by atoms with Crippen LogP contribution in [0, 0.1) is 5.92 Å². The number of H-pyrrole nitrogens is 2. The molecule has 0 unspecified atom stereocenters. The zero-order valence-corrected chi connectivity index (χ0v) is 18.2. The SMILES string of the molecule is COc1cccc(-c2cnc([C@H]3Cc4c([nH]c5ccccc45)[C@@H](C4CCOCC4)N3)[nH]2)c1. The van der Waals surface area contributed by atoms with Crippen LogP contribution in [0.5, 0.6) is 5.75 Å². The Bertz CT molecular complexity index is 1240. The topological polar surface area (TPSA) is 75.0 Å². The number of imidazole rings is 1. The summed E-state index contributed by atoms with van der Waals surface area (Å²) in [6.45, 7) is 1.67. The Morgan fingerprint density at radius 3 is 2.78 bits per heavy atom. The fourth-order valence-electron chi connectivity index (χ4n) is 5.32. The van der Waals surface area contributed by atoms with E-state index in [4.69, 9.17) is 14.5 Å². The summed E-state index contributed by atoms with van der Waals surface area (Å²) in [4.78, 5) is 12.1. The molecule has 2 atom stereocenters. The third-order valence-corrected chi connectivity index (χ3v) is 6.99. The highest BCUT2D eigenvalue weighted by molar-refractivity contribution is 5.85.